The normalized spacial score (nSPS) is 10.3. The lowest BCUT2D eigenvalue weighted by Gasteiger charge is -2.12. The van der Waals surface area contributed by atoms with Gasteiger partial charge < -0.3 is 15.2 Å². The van der Waals surface area contributed by atoms with Gasteiger partial charge >= 0.3 is 0 Å². The van der Waals surface area contributed by atoms with Gasteiger partial charge in [0.05, 0.1) is 6.61 Å². The van der Waals surface area contributed by atoms with Crippen molar-refractivity contribution in [2.75, 3.05) is 11.9 Å². The molecule has 2 aromatic rings. The number of benzene rings is 2. The Morgan fingerprint density at radius 2 is 2.05 bits per heavy atom. The Morgan fingerprint density at radius 1 is 1.25 bits per heavy atom. The molecule has 0 atom stereocenters. The minimum Gasteiger partial charge on any atom is -0.504 e. The van der Waals surface area contributed by atoms with E-state index in [-0.39, 0.29) is 5.75 Å². The largest absolute Gasteiger partial charge is 0.504 e. The molecule has 0 radical (unpaired) electrons. The van der Waals surface area contributed by atoms with Gasteiger partial charge in [-0.05, 0) is 60.2 Å². The van der Waals surface area contributed by atoms with Crippen LogP contribution in [-0.2, 0) is 6.54 Å². The number of aryl methyl sites for hydroxylation is 1. The molecule has 4 heteroatoms. The van der Waals surface area contributed by atoms with Gasteiger partial charge in [-0.25, -0.2) is 0 Å². The summed E-state index contributed by atoms with van der Waals surface area (Å²) in [6, 6.07) is 11.8. The second kappa shape index (κ2) is 6.83. The number of ether oxygens (including phenoxy) is 1. The molecule has 0 saturated carbocycles. The maximum Gasteiger partial charge on any atom is 0.162 e. The van der Waals surface area contributed by atoms with Gasteiger partial charge in [-0.15, -0.1) is 0 Å². The molecule has 0 amide bonds. The van der Waals surface area contributed by atoms with Gasteiger partial charge in [0.15, 0.2) is 11.5 Å². The van der Waals surface area contributed by atoms with Crippen LogP contribution >= 0.6 is 22.6 Å². The monoisotopic (exact) mass is 383 g/mol. The highest BCUT2D eigenvalue weighted by Crippen LogP contribution is 2.30. The van der Waals surface area contributed by atoms with E-state index in [0.29, 0.717) is 18.9 Å². The molecule has 3 nitrogen and oxygen atoms in total. The zero-order valence-electron chi connectivity index (χ0n) is 11.6. The topological polar surface area (TPSA) is 41.5 Å². The molecule has 0 aliphatic rings. The molecule has 106 valence electrons. The summed E-state index contributed by atoms with van der Waals surface area (Å²) in [5, 5.41) is 13.4. The van der Waals surface area contributed by atoms with Gasteiger partial charge in [-0.2, -0.15) is 0 Å². The molecule has 0 aliphatic heterocycles. The predicted octanol–water partition coefficient (Wildman–Crippen LogP) is 4.32. The summed E-state index contributed by atoms with van der Waals surface area (Å²) in [5.74, 6) is 0.744. The molecule has 20 heavy (non-hydrogen) atoms. The number of rotatable bonds is 5. The van der Waals surface area contributed by atoms with Crippen LogP contribution in [0.1, 0.15) is 18.1 Å². The molecule has 0 spiro atoms. The Morgan fingerprint density at radius 3 is 2.75 bits per heavy atom. The Labute approximate surface area is 133 Å². The maximum absolute atomic E-state index is 10.1. The zero-order chi connectivity index (χ0) is 14.5. The van der Waals surface area contributed by atoms with Crippen LogP contribution in [0.25, 0.3) is 0 Å². The van der Waals surface area contributed by atoms with Crippen LogP contribution in [0.2, 0.25) is 0 Å². The van der Waals surface area contributed by atoms with Gasteiger partial charge in [0.1, 0.15) is 0 Å². The zero-order valence-corrected chi connectivity index (χ0v) is 13.8. The highest BCUT2D eigenvalue weighted by Gasteiger charge is 2.07. The van der Waals surface area contributed by atoms with Crippen molar-refractivity contribution in [1.29, 1.82) is 0 Å². The summed E-state index contributed by atoms with van der Waals surface area (Å²) in [5.41, 5.74) is 3.13. The van der Waals surface area contributed by atoms with Crippen molar-refractivity contribution in [3.8, 4) is 11.5 Å². The first-order valence-corrected chi connectivity index (χ1v) is 7.63. The molecular weight excluding hydrogens is 365 g/mol. The quantitative estimate of drug-likeness (QED) is 0.756. The molecule has 0 fully saturated rings. The lowest BCUT2D eigenvalue weighted by atomic mass is 10.1. The number of anilines is 1. The van der Waals surface area contributed by atoms with E-state index in [9.17, 15) is 5.11 Å². The molecule has 0 bridgehead atoms. The standard InChI is InChI=1S/C16H18INO2/c1-3-20-15-6-4-5-12(16(15)19)10-18-13-8-7-11(2)14(17)9-13/h4-9,18-19H,3,10H2,1-2H3. The smallest absolute Gasteiger partial charge is 0.162 e. The fraction of sp³-hybridized carbons (Fsp3) is 0.250. The van der Waals surface area contributed by atoms with E-state index in [2.05, 4.69) is 47.0 Å². The van der Waals surface area contributed by atoms with Crippen LogP contribution in [0.4, 0.5) is 5.69 Å². The van der Waals surface area contributed by atoms with Crippen molar-refractivity contribution in [1.82, 2.24) is 0 Å². The predicted molar refractivity (Wildman–Crippen MR) is 90.5 cm³/mol. The van der Waals surface area contributed by atoms with Crippen molar-refractivity contribution in [3.63, 3.8) is 0 Å². The Balaban J connectivity index is 2.10. The first-order chi connectivity index (χ1) is 9.61. The van der Waals surface area contributed by atoms with Crippen LogP contribution in [0, 0.1) is 10.5 Å². The van der Waals surface area contributed by atoms with Gasteiger partial charge in [0.2, 0.25) is 0 Å². The van der Waals surface area contributed by atoms with Crippen LogP contribution in [0.3, 0.4) is 0 Å². The van der Waals surface area contributed by atoms with Crippen molar-refractivity contribution in [2.45, 2.75) is 20.4 Å². The second-order valence-electron chi connectivity index (χ2n) is 4.51. The second-order valence-corrected chi connectivity index (χ2v) is 5.68. The molecule has 0 aliphatic carbocycles. The number of aromatic hydroxyl groups is 1. The van der Waals surface area contributed by atoms with E-state index in [0.717, 1.165) is 11.3 Å². The maximum atomic E-state index is 10.1. The van der Waals surface area contributed by atoms with E-state index in [1.165, 1.54) is 9.13 Å². The summed E-state index contributed by atoms with van der Waals surface area (Å²) in [4.78, 5) is 0. The molecular formula is C16H18INO2. The summed E-state index contributed by atoms with van der Waals surface area (Å²) in [6.45, 7) is 5.09. The SMILES string of the molecule is CCOc1cccc(CNc2ccc(C)c(I)c2)c1O. The fourth-order valence-electron chi connectivity index (χ4n) is 1.88. The van der Waals surface area contributed by atoms with Gasteiger partial charge in [-0.3, -0.25) is 0 Å². The third kappa shape index (κ3) is 3.56. The van der Waals surface area contributed by atoms with Crippen molar-refractivity contribution in [2.24, 2.45) is 0 Å². The summed E-state index contributed by atoms with van der Waals surface area (Å²) < 4.78 is 6.61. The Kier molecular flexibility index (Phi) is 5.11. The van der Waals surface area contributed by atoms with Crippen LogP contribution in [-0.4, -0.2) is 11.7 Å². The molecule has 2 aromatic carbocycles. The van der Waals surface area contributed by atoms with Crippen LogP contribution < -0.4 is 10.1 Å². The van der Waals surface area contributed by atoms with E-state index >= 15 is 0 Å². The summed E-state index contributed by atoms with van der Waals surface area (Å²) >= 11 is 2.32. The number of phenolic OH excluding ortho intramolecular Hbond substituents is 1. The van der Waals surface area contributed by atoms with Crippen LogP contribution in [0.5, 0.6) is 11.5 Å². The number of hydrogen-bond acceptors (Lipinski definition) is 3. The van der Waals surface area contributed by atoms with E-state index in [4.69, 9.17) is 4.74 Å². The first-order valence-electron chi connectivity index (χ1n) is 6.55. The summed E-state index contributed by atoms with van der Waals surface area (Å²) in [6.07, 6.45) is 0. The van der Waals surface area contributed by atoms with Crippen molar-refractivity contribution < 1.29 is 9.84 Å². The Bertz CT molecular complexity index is 599. The molecule has 2 N–H and O–H groups in total. The third-order valence-electron chi connectivity index (χ3n) is 3.04. The lowest BCUT2D eigenvalue weighted by Crippen LogP contribution is -2.01. The van der Waals surface area contributed by atoms with Crippen molar-refractivity contribution >= 4 is 28.3 Å². The number of phenols is 1. The van der Waals surface area contributed by atoms with Crippen molar-refractivity contribution in [3.05, 3.63) is 51.1 Å². The van der Waals surface area contributed by atoms with E-state index in [1.54, 1.807) is 6.07 Å². The highest BCUT2D eigenvalue weighted by atomic mass is 127. The minimum absolute atomic E-state index is 0.212. The van der Waals surface area contributed by atoms with Gasteiger partial charge in [0, 0.05) is 21.4 Å². The fourth-order valence-corrected chi connectivity index (χ4v) is 2.40. The molecule has 0 heterocycles. The Hall–Kier alpha value is -1.43. The third-order valence-corrected chi connectivity index (χ3v) is 4.20. The van der Waals surface area contributed by atoms with Gasteiger partial charge in [-0.1, -0.05) is 18.2 Å². The van der Waals surface area contributed by atoms with E-state index in [1.807, 2.05) is 25.1 Å². The number of halogens is 1. The van der Waals surface area contributed by atoms with Gasteiger partial charge in [0.25, 0.3) is 0 Å². The number of para-hydroxylation sites is 1. The number of nitrogens with one attached hydrogen (secondary N) is 1. The lowest BCUT2D eigenvalue weighted by molar-refractivity contribution is 0.317. The molecule has 2 rings (SSSR count). The molecule has 0 aromatic heterocycles. The average molecular weight is 383 g/mol. The average Bonchev–Trinajstić information content (AvgIpc) is 2.44. The highest BCUT2D eigenvalue weighted by molar-refractivity contribution is 14.1. The molecule has 0 unspecified atom stereocenters. The summed E-state index contributed by atoms with van der Waals surface area (Å²) in [7, 11) is 0. The minimum atomic E-state index is 0.212. The number of hydrogen-bond donors (Lipinski definition) is 2. The first kappa shape index (κ1) is 15.0. The van der Waals surface area contributed by atoms with E-state index < -0.39 is 0 Å². The molecule has 0 saturated heterocycles. The van der Waals surface area contributed by atoms with Crippen LogP contribution in [0.15, 0.2) is 36.4 Å².